The summed E-state index contributed by atoms with van der Waals surface area (Å²) in [7, 11) is 0. The largest absolute Gasteiger partial charge is 0.490 e. The fourth-order valence-corrected chi connectivity index (χ4v) is 2.65. The van der Waals surface area contributed by atoms with Gasteiger partial charge in [-0.3, -0.25) is 0 Å². The second kappa shape index (κ2) is 7.10. The van der Waals surface area contributed by atoms with Crippen LogP contribution in [0.1, 0.15) is 31.9 Å². The maximum atomic E-state index is 10.9. The van der Waals surface area contributed by atoms with Gasteiger partial charge in [0.05, 0.1) is 16.7 Å². The highest BCUT2D eigenvalue weighted by atomic mass is 35.5. The third kappa shape index (κ3) is 4.08. The van der Waals surface area contributed by atoms with E-state index >= 15 is 0 Å². The zero-order valence-electron chi connectivity index (χ0n) is 12.1. The van der Waals surface area contributed by atoms with Crippen LogP contribution in [0, 0.1) is 6.92 Å². The molecule has 0 aliphatic carbocycles. The van der Waals surface area contributed by atoms with Crippen LogP contribution in [0.15, 0.2) is 18.2 Å². The minimum Gasteiger partial charge on any atom is -0.490 e. The summed E-state index contributed by atoms with van der Waals surface area (Å²) in [5, 5.41) is 1.84. The summed E-state index contributed by atoms with van der Waals surface area (Å²) in [6.07, 6.45) is 2.19. The second-order valence-corrected chi connectivity index (χ2v) is 5.84. The predicted octanol–water partition coefficient (Wildman–Crippen LogP) is 4.99. The van der Waals surface area contributed by atoms with E-state index in [1.165, 1.54) is 0 Å². The van der Waals surface area contributed by atoms with E-state index in [4.69, 9.17) is 27.9 Å². The molecule has 0 aliphatic rings. The van der Waals surface area contributed by atoms with E-state index in [0.29, 0.717) is 34.3 Å². The van der Waals surface area contributed by atoms with Crippen molar-refractivity contribution < 1.29 is 9.53 Å². The molecular formula is C16H17Cl2NO2. The number of carbonyl (C=O) groups excluding carboxylic acids is 1. The van der Waals surface area contributed by atoms with Crippen molar-refractivity contribution in [2.24, 2.45) is 0 Å². The van der Waals surface area contributed by atoms with Crippen LogP contribution >= 0.6 is 23.2 Å². The Morgan fingerprint density at radius 3 is 2.71 bits per heavy atom. The molecule has 0 saturated heterocycles. The number of nitrogens with zero attached hydrogens (tertiary/aromatic N) is 1. The molecule has 0 amide bonds. The molecule has 21 heavy (non-hydrogen) atoms. The van der Waals surface area contributed by atoms with Gasteiger partial charge in [0.1, 0.15) is 11.3 Å². The number of ether oxygens (including phenoxy) is 1. The number of pyridine rings is 1. The average Bonchev–Trinajstić information content (AvgIpc) is 2.41. The molecule has 2 aromatic rings. The van der Waals surface area contributed by atoms with Gasteiger partial charge in [0.25, 0.3) is 0 Å². The molecular weight excluding hydrogens is 309 g/mol. The van der Waals surface area contributed by atoms with Gasteiger partial charge in [-0.05, 0) is 44.9 Å². The molecule has 0 saturated carbocycles. The summed E-state index contributed by atoms with van der Waals surface area (Å²) in [6, 6.07) is 5.49. The highest BCUT2D eigenvalue weighted by molar-refractivity contribution is 6.39. The van der Waals surface area contributed by atoms with Crippen molar-refractivity contribution in [2.75, 3.05) is 6.61 Å². The molecule has 3 nitrogen and oxygen atoms in total. The lowest BCUT2D eigenvalue weighted by Crippen LogP contribution is -2.01. The van der Waals surface area contributed by atoms with Crippen LogP contribution in [0.2, 0.25) is 10.0 Å². The molecule has 0 N–H and O–H groups in total. The van der Waals surface area contributed by atoms with Gasteiger partial charge in [0.15, 0.2) is 5.75 Å². The topological polar surface area (TPSA) is 39.2 Å². The molecule has 2 rings (SSSR count). The minimum atomic E-state index is 0.197. The van der Waals surface area contributed by atoms with Crippen molar-refractivity contribution in [3.8, 4) is 5.75 Å². The normalized spacial score (nSPS) is 10.9. The van der Waals surface area contributed by atoms with Gasteiger partial charge in [0, 0.05) is 17.5 Å². The van der Waals surface area contributed by atoms with Gasteiger partial charge in [0.2, 0.25) is 0 Å². The fourth-order valence-electron chi connectivity index (χ4n) is 2.08. The number of benzene rings is 1. The quantitative estimate of drug-likeness (QED) is 0.702. The number of fused-ring (bicyclic) bond motifs is 1. The molecule has 0 aliphatic heterocycles. The lowest BCUT2D eigenvalue weighted by Gasteiger charge is -2.12. The smallest absolute Gasteiger partial charge is 0.164 e. The number of hydrogen-bond donors (Lipinski definition) is 0. The fraction of sp³-hybridized carbons (Fsp3) is 0.375. The van der Waals surface area contributed by atoms with Gasteiger partial charge >= 0.3 is 0 Å². The van der Waals surface area contributed by atoms with Crippen molar-refractivity contribution in [3.63, 3.8) is 0 Å². The zero-order valence-corrected chi connectivity index (χ0v) is 13.6. The molecule has 1 heterocycles. The van der Waals surface area contributed by atoms with Crippen molar-refractivity contribution in [3.05, 3.63) is 33.9 Å². The number of carbonyl (C=O) groups is 1. The highest BCUT2D eigenvalue weighted by Crippen LogP contribution is 2.37. The Morgan fingerprint density at radius 1 is 1.24 bits per heavy atom. The maximum Gasteiger partial charge on any atom is 0.164 e. The summed E-state index contributed by atoms with van der Waals surface area (Å²) in [5.74, 6) is 0.754. The van der Waals surface area contributed by atoms with Crippen LogP contribution in [0.3, 0.4) is 0 Å². The predicted molar refractivity (Wildman–Crippen MR) is 86.5 cm³/mol. The highest BCUT2D eigenvalue weighted by Gasteiger charge is 2.13. The summed E-state index contributed by atoms with van der Waals surface area (Å²) < 4.78 is 5.78. The minimum absolute atomic E-state index is 0.197. The number of aryl methyl sites for hydroxylation is 1. The van der Waals surface area contributed by atoms with Gasteiger partial charge in [-0.15, -0.1) is 0 Å². The summed E-state index contributed by atoms with van der Waals surface area (Å²) >= 11 is 12.4. The van der Waals surface area contributed by atoms with Crippen molar-refractivity contribution in [2.45, 2.75) is 33.1 Å². The van der Waals surface area contributed by atoms with E-state index in [0.717, 1.165) is 23.9 Å². The molecule has 1 aromatic carbocycles. The number of halogens is 2. The van der Waals surface area contributed by atoms with Crippen LogP contribution in [0.5, 0.6) is 5.75 Å². The zero-order chi connectivity index (χ0) is 15.4. The molecule has 112 valence electrons. The van der Waals surface area contributed by atoms with E-state index in [1.54, 1.807) is 13.0 Å². The molecule has 0 unspecified atom stereocenters. The second-order valence-electron chi connectivity index (χ2n) is 5.03. The number of aromatic nitrogens is 1. The average molecular weight is 326 g/mol. The van der Waals surface area contributed by atoms with Gasteiger partial charge in [-0.2, -0.15) is 0 Å². The number of ketones is 1. The lowest BCUT2D eigenvalue weighted by atomic mass is 10.2. The molecule has 0 bridgehead atoms. The molecule has 0 fully saturated rings. The third-order valence-electron chi connectivity index (χ3n) is 3.15. The van der Waals surface area contributed by atoms with E-state index in [2.05, 4.69) is 4.98 Å². The van der Waals surface area contributed by atoms with E-state index in [-0.39, 0.29) is 5.78 Å². The van der Waals surface area contributed by atoms with Gasteiger partial charge < -0.3 is 9.53 Å². The van der Waals surface area contributed by atoms with Crippen molar-refractivity contribution in [1.29, 1.82) is 0 Å². The van der Waals surface area contributed by atoms with Crippen LogP contribution in [0.25, 0.3) is 10.9 Å². The Bertz CT molecular complexity index is 671. The van der Waals surface area contributed by atoms with E-state index in [9.17, 15) is 4.79 Å². The SMILES string of the molecule is CC(=O)CCCCOc1c(Cl)cc(Cl)c2ccc(C)nc12. The number of unbranched alkanes of at least 4 members (excludes halogenated alkanes) is 1. The van der Waals surface area contributed by atoms with Crippen LogP contribution < -0.4 is 4.74 Å². The number of Topliss-reactive ketones (excluding diaryl/α,β-unsaturated/α-hetero) is 1. The molecule has 5 heteroatoms. The lowest BCUT2D eigenvalue weighted by molar-refractivity contribution is -0.117. The van der Waals surface area contributed by atoms with Crippen LogP contribution in [0.4, 0.5) is 0 Å². The first kappa shape index (κ1) is 16.1. The van der Waals surface area contributed by atoms with E-state index in [1.807, 2.05) is 19.1 Å². The molecule has 0 spiro atoms. The Morgan fingerprint density at radius 2 is 2.00 bits per heavy atom. The van der Waals surface area contributed by atoms with Gasteiger partial charge in [-0.1, -0.05) is 23.2 Å². The Kier molecular flexibility index (Phi) is 5.43. The molecule has 0 atom stereocenters. The Hall–Kier alpha value is -1.32. The van der Waals surface area contributed by atoms with Gasteiger partial charge in [-0.25, -0.2) is 4.98 Å². The monoisotopic (exact) mass is 325 g/mol. The Balaban J connectivity index is 2.18. The maximum absolute atomic E-state index is 10.9. The van der Waals surface area contributed by atoms with Crippen molar-refractivity contribution >= 4 is 39.9 Å². The standard InChI is InChI=1S/C16H17Cl2NO2/c1-10-6-7-12-13(17)9-14(18)16(15(12)19-10)21-8-4-3-5-11(2)20/h6-7,9H,3-5,8H2,1-2H3. The van der Waals surface area contributed by atoms with Crippen LogP contribution in [-0.4, -0.2) is 17.4 Å². The Labute approximate surface area is 134 Å². The number of hydrogen-bond acceptors (Lipinski definition) is 3. The van der Waals surface area contributed by atoms with Crippen molar-refractivity contribution in [1.82, 2.24) is 4.98 Å². The van der Waals surface area contributed by atoms with E-state index < -0.39 is 0 Å². The first-order valence-corrected chi connectivity index (χ1v) is 7.62. The summed E-state index contributed by atoms with van der Waals surface area (Å²) in [6.45, 7) is 4.00. The first-order valence-electron chi connectivity index (χ1n) is 6.86. The summed E-state index contributed by atoms with van der Waals surface area (Å²) in [5.41, 5.74) is 1.56. The van der Waals surface area contributed by atoms with Crippen LogP contribution in [-0.2, 0) is 4.79 Å². The third-order valence-corrected chi connectivity index (χ3v) is 3.74. The molecule has 1 aromatic heterocycles. The molecule has 0 radical (unpaired) electrons. The first-order chi connectivity index (χ1) is 9.99. The summed E-state index contributed by atoms with van der Waals surface area (Å²) in [4.78, 5) is 15.4. The number of rotatable bonds is 6.